The Balaban J connectivity index is 2.68. The average molecular weight is 204 g/mol. The lowest BCUT2D eigenvalue weighted by atomic mass is 10.1. The number of unbranched alkanes of at least 4 members (excludes halogenated alkanes) is 1. The monoisotopic (exact) mass is 204 g/mol. The Bertz CT molecular complexity index is 336. The fraction of sp³-hybridized carbons (Fsp3) is 0.308. The Morgan fingerprint density at radius 3 is 2.53 bits per heavy atom. The molecule has 0 aromatic heterocycles. The zero-order chi connectivity index (χ0) is 11.1. The third-order valence-corrected chi connectivity index (χ3v) is 2.10. The molecule has 80 valence electrons. The van der Waals surface area contributed by atoms with Crippen LogP contribution < -0.4 is 0 Å². The number of ether oxygens (including phenoxy) is 1. The molecule has 0 N–H and O–H groups in total. The van der Waals surface area contributed by atoms with E-state index >= 15 is 0 Å². The van der Waals surface area contributed by atoms with E-state index in [4.69, 9.17) is 0 Å². The number of hydrogen-bond donors (Lipinski definition) is 0. The quantitative estimate of drug-likeness (QED) is 0.703. The number of rotatable bonds is 4. The molecule has 0 fully saturated rings. The Morgan fingerprint density at radius 1 is 1.33 bits per heavy atom. The number of benzene rings is 1. The highest BCUT2D eigenvalue weighted by molar-refractivity contribution is 5.89. The van der Waals surface area contributed by atoms with Crippen LogP contribution in [0.5, 0.6) is 0 Å². The summed E-state index contributed by atoms with van der Waals surface area (Å²) in [4.78, 5) is 11.1. The normalized spacial score (nSPS) is 10.5. The van der Waals surface area contributed by atoms with Gasteiger partial charge in [0.05, 0.1) is 12.7 Å². The summed E-state index contributed by atoms with van der Waals surface area (Å²) in [6.07, 6.45) is 6.42. The van der Waals surface area contributed by atoms with Crippen molar-refractivity contribution < 1.29 is 9.53 Å². The van der Waals surface area contributed by atoms with Crippen molar-refractivity contribution in [1.82, 2.24) is 0 Å². The molecule has 0 aliphatic heterocycles. The van der Waals surface area contributed by atoms with E-state index in [9.17, 15) is 4.79 Å². The molecule has 0 saturated heterocycles. The molecule has 0 amide bonds. The molecule has 0 bridgehead atoms. The summed E-state index contributed by atoms with van der Waals surface area (Å²) in [5.41, 5.74) is 1.70. The van der Waals surface area contributed by atoms with Gasteiger partial charge in [-0.2, -0.15) is 0 Å². The minimum Gasteiger partial charge on any atom is -0.465 e. The van der Waals surface area contributed by atoms with Gasteiger partial charge in [0.2, 0.25) is 0 Å². The second-order valence-corrected chi connectivity index (χ2v) is 3.30. The van der Waals surface area contributed by atoms with Crippen LogP contribution in [0.15, 0.2) is 30.3 Å². The first kappa shape index (κ1) is 11.5. The molecule has 0 unspecified atom stereocenters. The van der Waals surface area contributed by atoms with E-state index in [2.05, 4.69) is 23.8 Å². The maximum absolute atomic E-state index is 11.1. The number of carbonyl (C=O) groups excluding carboxylic acids is 1. The van der Waals surface area contributed by atoms with Crippen molar-refractivity contribution in [3.8, 4) is 0 Å². The first-order valence-corrected chi connectivity index (χ1v) is 5.13. The van der Waals surface area contributed by atoms with Crippen molar-refractivity contribution in [2.75, 3.05) is 7.11 Å². The van der Waals surface area contributed by atoms with Crippen molar-refractivity contribution in [2.45, 2.75) is 19.8 Å². The first-order valence-electron chi connectivity index (χ1n) is 5.13. The molecule has 0 atom stereocenters. The molecule has 0 spiro atoms. The topological polar surface area (TPSA) is 26.3 Å². The van der Waals surface area contributed by atoms with E-state index in [1.54, 1.807) is 12.1 Å². The maximum atomic E-state index is 11.1. The molecule has 1 rings (SSSR count). The largest absolute Gasteiger partial charge is 0.465 e. The summed E-state index contributed by atoms with van der Waals surface area (Å²) in [5.74, 6) is -0.293. The summed E-state index contributed by atoms with van der Waals surface area (Å²) in [7, 11) is 1.39. The van der Waals surface area contributed by atoms with E-state index < -0.39 is 0 Å². The lowest BCUT2D eigenvalue weighted by Crippen LogP contribution is -2.00. The highest BCUT2D eigenvalue weighted by Gasteiger charge is 2.02. The van der Waals surface area contributed by atoms with Gasteiger partial charge in [-0.05, 0) is 24.1 Å². The number of methoxy groups -OCH3 is 1. The Labute approximate surface area is 90.6 Å². The van der Waals surface area contributed by atoms with Gasteiger partial charge in [-0.25, -0.2) is 4.79 Å². The van der Waals surface area contributed by atoms with Crippen LogP contribution in [0.3, 0.4) is 0 Å². The van der Waals surface area contributed by atoms with Crippen LogP contribution >= 0.6 is 0 Å². The van der Waals surface area contributed by atoms with Gasteiger partial charge in [0.1, 0.15) is 0 Å². The van der Waals surface area contributed by atoms with Gasteiger partial charge < -0.3 is 4.74 Å². The third kappa shape index (κ3) is 3.58. The Hall–Kier alpha value is -1.57. The van der Waals surface area contributed by atoms with Crippen molar-refractivity contribution in [3.05, 3.63) is 41.5 Å². The van der Waals surface area contributed by atoms with Crippen molar-refractivity contribution in [1.29, 1.82) is 0 Å². The first-order chi connectivity index (χ1) is 7.27. The van der Waals surface area contributed by atoms with Gasteiger partial charge in [0.25, 0.3) is 0 Å². The van der Waals surface area contributed by atoms with E-state index in [1.807, 2.05) is 12.1 Å². The average Bonchev–Trinajstić information content (AvgIpc) is 2.29. The van der Waals surface area contributed by atoms with Gasteiger partial charge >= 0.3 is 5.97 Å². The fourth-order valence-electron chi connectivity index (χ4n) is 1.23. The summed E-state index contributed by atoms with van der Waals surface area (Å²) in [6, 6.07) is 7.38. The van der Waals surface area contributed by atoms with Gasteiger partial charge in [-0.3, -0.25) is 0 Å². The molecule has 0 aliphatic carbocycles. The summed E-state index contributed by atoms with van der Waals surface area (Å²) in [6.45, 7) is 2.14. The molecule has 1 aromatic carbocycles. The molecule has 1 aromatic rings. The van der Waals surface area contributed by atoms with E-state index in [0.29, 0.717) is 5.56 Å². The highest BCUT2D eigenvalue weighted by atomic mass is 16.5. The molecule has 0 aliphatic rings. The van der Waals surface area contributed by atoms with Gasteiger partial charge in [0.15, 0.2) is 0 Å². The standard InChI is InChI=1S/C13H16O2/c1-3-4-5-6-11-7-9-12(10-8-11)13(14)15-2/h5-10H,3-4H2,1-2H3/b6-5+. The van der Waals surface area contributed by atoms with E-state index in [1.165, 1.54) is 7.11 Å². The molecular formula is C13H16O2. The van der Waals surface area contributed by atoms with Crippen LogP contribution in [0.4, 0.5) is 0 Å². The molecular weight excluding hydrogens is 188 g/mol. The second kappa shape index (κ2) is 6.02. The SMILES string of the molecule is CCC/C=C/c1ccc(C(=O)OC)cc1. The number of allylic oxidation sites excluding steroid dienone is 1. The van der Waals surface area contributed by atoms with Gasteiger partial charge in [-0.1, -0.05) is 37.6 Å². The van der Waals surface area contributed by atoms with Crippen LogP contribution in [0.1, 0.15) is 35.7 Å². The number of esters is 1. The van der Waals surface area contributed by atoms with E-state index in [-0.39, 0.29) is 5.97 Å². The Kier molecular flexibility index (Phi) is 4.61. The smallest absolute Gasteiger partial charge is 0.337 e. The van der Waals surface area contributed by atoms with Crippen LogP contribution in [0, 0.1) is 0 Å². The number of carbonyl (C=O) groups is 1. The zero-order valence-electron chi connectivity index (χ0n) is 9.19. The number of hydrogen-bond acceptors (Lipinski definition) is 2. The molecule has 0 saturated carbocycles. The fourth-order valence-corrected chi connectivity index (χ4v) is 1.23. The lowest BCUT2D eigenvalue weighted by molar-refractivity contribution is 0.0601. The second-order valence-electron chi connectivity index (χ2n) is 3.30. The predicted octanol–water partition coefficient (Wildman–Crippen LogP) is 3.29. The maximum Gasteiger partial charge on any atom is 0.337 e. The molecule has 2 heteroatoms. The van der Waals surface area contributed by atoms with Crippen LogP contribution in [-0.2, 0) is 4.74 Å². The minimum absolute atomic E-state index is 0.293. The van der Waals surface area contributed by atoms with Crippen LogP contribution in [0.2, 0.25) is 0 Å². The van der Waals surface area contributed by atoms with Crippen molar-refractivity contribution in [2.24, 2.45) is 0 Å². The van der Waals surface area contributed by atoms with Gasteiger partial charge in [-0.15, -0.1) is 0 Å². The molecule has 2 nitrogen and oxygen atoms in total. The van der Waals surface area contributed by atoms with Crippen LogP contribution in [0.25, 0.3) is 6.08 Å². The van der Waals surface area contributed by atoms with Crippen molar-refractivity contribution >= 4 is 12.0 Å². The van der Waals surface area contributed by atoms with E-state index in [0.717, 1.165) is 18.4 Å². The summed E-state index contributed by atoms with van der Waals surface area (Å²) >= 11 is 0. The molecule has 0 radical (unpaired) electrons. The zero-order valence-corrected chi connectivity index (χ0v) is 9.19. The van der Waals surface area contributed by atoms with Crippen molar-refractivity contribution in [3.63, 3.8) is 0 Å². The van der Waals surface area contributed by atoms with Crippen LogP contribution in [-0.4, -0.2) is 13.1 Å². The molecule has 0 heterocycles. The Morgan fingerprint density at radius 2 is 2.00 bits per heavy atom. The summed E-state index contributed by atoms with van der Waals surface area (Å²) < 4.78 is 4.62. The lowest BCUT2D eigenvalue weighted by Gasteiger charge is -1.99. The minimum atomic E-state index is -0.293. The molecule has 15 heavy (non-hydrogen) atoms. The predicted molar refractivity (Wildman–Crippen MR) is 61.7 cm³/mol. The highest BCUT2D eigenvalue weighted by Crippen LogP contribution is 2.08. The third-order valence-electron chi connectivity index (χ3n) is 2.10. The summed E-state index contributed by atoms with van der Waals surface area (Å²) in [5, 5.41) is 0. The van der Waals surface area contributed by atoms with Gasteiger partial charge in [0, 0.05) is 0 Å².